The highest BCUT2D eigenvalue weighted by atomic mass is 32.3. The quantitative estimate of drug-likeness (QED) is 0.0324. The van der Waals surface area contributed by atoms with E-state index in [2.05, 4.69) is 15.0 Å². The van der Waals surface area contributed by atoms with Crippen LogP contribution < -0.4 is 5.73 Å². The number of hydrogen-bond donors (Lipinski definition) is 2. The third kappa shape index (κ3) is 12.1. The van der Waals surface area contributed by atoms with Gasteiger partial charge in [-0.05, 0) is 56.0 Å². The van der Waals surface area contributed by atoms with Crippen molar-refractivity contribution in [2.75, 3.05) is 48.5 Å². The molecular weight excluding hydrogens is 696 g/mol. The number of nitrogens with two attached hydrogens (primary N) is 1. The molecule has 0 bridgehead atoms. The van der Waals surface area contributed by atoms with Crippen molar-refractivity contribution in [1.29, 1.82) is 0 Å². The molecule has 0 saturated heterocycles. The Bertz CT molecular complexity index is 1490. The van der Waals surface area contributed by atoms with Crippen molar-refractivity contribution in [2.45, 2.75) is 88.7 Å². The summed E-state index contributed by atoms with van der Waals surface area (Å²) in [5.74, 6) is -6.75. The van der Waals surface area contributed by atoms with Crippen molar-refractivity contribution in [3.63, 3.8) is 0 Å². The summed E-state index contributed by atoms with van der Waals surface area (Å²) < 4.78 is 93.9. The molecule has 1 aromatic carbocycles. The fourth-order valence-corrected chi connectivity index (χ4v) is 9.31. The third-order valence-electron chi connectivity index (χ3n) is 7.80. The van der Waals surface area contributed by atoms with Gasteiger partial charge in [0.15, 0.2) is 34.7 Å². The summed E-state index contributed by atoms with van der Waals surface area (Å²) in [7, 11) is -6.04. The zero-order chi connectivity index (χ0) is 35.3. The van der Waals surface area contributed by atoms with Gasteiger partial charge >= 0.3 is 7.60 Å². The highest BCUT2D eigenvalue weighted by molar-refractivity contribution is 8.32. The molecule has 2 heterocycles. The van der Waals surface area contributed by atoms with Crippen molar-refractivity contribution in [3.05, 3.63) is 41.7 Å². The van der Waals surface area contributed by atoms with E-state index < -0.39 is 58.0 Å². The molecule has 0 aliphatic carbocycles. The van der Waals surface area contributed by atoms with Gasteiger partial charge in [0.25, 0.3) is 0 Å². The highest BCUT2D eigenvalue weighted by Gasteiger charge is 2.32. The van der Waals surface area contributed by atoms with Crippen LogP contribution in [0.25, 0.3) is 11.2 Å². The summed E-state index contributed by atoms with van der Waals surface area (Å²) in [5.41, 5.74) is 6.86. The Labute approximate surface area is 284 Å². The lowest BCUT2D eigenvalue weighted by molar-refractivity contribution is 0.0718. The van der Waals surface area contributed by atoms with Crippen molar-refractivity contribution in [3.8, 4) is 0 Å². The van der Waals surface area contributed by atoms with E-state index in [1.807, 2.05) is 0 Å². The van der Waals surface area contributed by atoms with E-state index in [4.69, 9.17) is 15.0 Å². The number of imidazole rings is 1. The Morgan fingerprint density at radius 3 is 2.08 bits per heavy atom. The monoisotopic (exact) mass is 743 g/mol. The summed E-state index contributed by atoms with van der Waals surface area (Å²) in [6.45, 7) is 2.33. The molecule has 3 aromatic rings. The van der Waals surface area contributed by atoms with Gasteiger partial charge in [-0.15, -0.1) is 0 Å². The van der Waals surface area contributed by atoms with Crippen LogP contribution in [0.3, 0.4) is 0 Å². The van der Waals surface area contributed by atoms with Crippen molar-refractivity contribution < 1.29 is 40.7 Å². The first-order chi connectivity index (χ1) is 22.7. The normalized spacial score (nSPS) is 14.4. The number of nitrogen functional groups attached to an aromatic ring is 1. The van der Waals surface area contributed by atoms with Crippen LogP contribution in [-0.4, -0.2) is 73.2 Å². The van der Waals surface area contributed by atoms with E-state index >= 15 is 0 Å². The molecule has 17 heteroatoms. The number of rotatable bonds is 23. The molecule has 0 aliphatic heterocycles. The maximum absolute atomic E-state index is 14.2. The van der Waals surface area contributed by atoms with Crippen LogP contribution in [0.1, 0.15) is 71.1 Å². The lowest BCUT2D eigenvalue weighted by Gasteiger charge is -2.32. The summed E-state index contributed by atoms with van der Waals surface area (Å²) in [5, 5.41) is 0. The highest BCUT2D eigenvalue weighted by Crippen LogP contribution is 2.53. The second-order valence-corrected chi connectivity index (χ2v) is 19.1. The maximum Gasteiger partial charge on any atom is 0.353 e. The van der Waals surface area contributed by atoms with Gasteiger partial charge in [-0.2, -0.15) is 11.8 Å². The van der Waals surface area contributed by atoms with Crippen LogP contribution in [0, 0.1) is 29.1 Å². The molecule has 9 nitrogen and oxygen atoms in total. The minimum atomic E-state index is -3.87. The van der Waals surface area contributed by atoms with Crippen LogP contribution in [0.2, 0.25) is 0 Å². The summed E-state index contributed by atoms with van der Waals surface area (Å²) in [4.78, 5) is 21.7. The van der Waals surface area contributed by atoms with Gasteiger partial charge in [0.1, 0.15) is 18.2 Å². The average molecular weight is 744 g/mol. The number of hydrogen-bond acceptors (Lipinski definition) is 8. The van der Waals surface area contributed by atoms with E-state index in [1.165, 1.54) is 6.33 Å². The summed E-state index contributed by atoms with van der Waals surface area (Å²) >= 11 is 1.79. The number of aromatic nitrogens is 4. The standard InChI is InChI=1S/C31H47F5N5O4PS2/c1-22(18-41-20-40-28-30(37)38-19-39-31(28)41)44-21-46(42,43)45-14-13-16-47-15-11-9-7-5-4-6-8-10-12-17-48(2,3)29-26(35)24(33)23(32)25(34)27(29)36/h19-20,22H,4-18,21H2,1-3H3,(H,42,43)(H2,37,38,39)/t22-/m1/s1. The van der Waals surface area contributed by atoms with Crippen LogP contribution in [-0.2, 0) is 20.4 Å². The van der Waals surface area contributed by atoms with Crippen LogP contribution in [0.15, 0.2) is 17.6 Å². The molecule has 0 spiro atoms. The van der Waals surface area contributed by atoms with E-state index in [-0.39, 0.29) is 18.5 Å². The SMILES string of the molecule is C[C@H](Cn1cnc2c(N)ncnc21)OCP(=O)(O)OCCCSCCCCCCCCCCCS(C)(C)c1c(F)c(F)c(F)c(F)c1F. The molecule has 0 amide bonds. The van der Waals surface area contributed by atoms with Crippen LogP contribution in [0.5, 0.6) is 0 Å². The fraction of sp³-hybridized carbons (Fsp3) is 0.645. The van der Waals surface area contributed by atoms with Crippen molar-refractivity contribution in [1.82, 2.24) is 19.5 Å². The Morgan fingerprint density at radius 2 is 1.44 bits per heavy atom. The molecule has 272 valence electrons. The Balaban J connectivity index is 1.14. The lowest BCUT2D eigenvalue weighted by atomic mass is 10.1. The van der Waals surface area contributed by atoms with Gasteiger partial charge in [0.05, 0.1) is 30.5 Å². The number of thioether (sulfide) groups is 1. The number of nitrogens with zero attached hydrogens (tertiary/aromatic N) is 4. The molecule has 2 aromatic heterocycles. The number of halogens is 5. The molecular formula is C31H47F5N5O4PS2. The maximum atomic E-state index is 14.2. The first-order valence-corrected chi connectivity index (χ1v) is 21.6. The lowest BCUT2D eigenvalue weighted by Crippen LogP contribution is -2.17. The summed E-state index contributed by atoms with van der Waals surface area (Å²) in [6.07, 6.45) is 15.0. The molecule has 2 atom stereocenters. The van der Waals surface area contributed by atoms with Gasteiger partial charge in [-0.3, -0.25) is 4.57 Å². The molecule has 3 N–H and O–H groups in total. The Hall–Kier alpha value is -1.97. The number of anilines is 1. The third-order valence-corrected chi connectivity index (χ3v) is 12.8. The zero-order valence-corrected chi connectivity index (χ0v) is 30.3. The molecule has 0 radical (unpaired) electrons. The Kier molecular flexibility index (Phi) is 16.4. The van der Waals surface area contributed by atoms with Gasteiger partial charge in [-0.1, -0.05) is 44.9 Å². The first kappa shape index (κ1) is 40.5. The smallest absolute Gasteiger partial charge is 0.353 e. The van der Waals surface area contributed by atoms with Crippen molar-refractivity contribution >= 4 is 46.4 Å². The van der Waals surface area contributed by atoms with Crippen molar-refractivity contribution in [2.24, 2.45) is 0 Å². The fourth-order valence-electron chi connectivity index (χ4n) is 5.17. The van der Waals surface area contributed by atoms with E-state index in [0.717, 1.165) is 62.9 Å². The minimum absolute atomic E-state index is 0.177. The largest absolute Gasteiger partial charge is 0.382 e. The molecule has 3 rings (SSSR count). The molecule has 48 heavy (non-hydrogen) atoms. The van der Waals surface area contributed by atoms with Gasteiger partial charge in [0, 0.05) is 0 Å². The van der Waals surface area contributed by atoms with Crippen LogP contribution >= 0.6 is 29.4 Å². The van der Waals surface area contributed by atoms with E-state index in [9.17, 15) is 31.4 Å². The number of benzene rings is 1. The van der Waals surface area contributed by atoms with Crippen LogP contribution in [0.4, 0.5) is 27.8 Å². The second-order valence-electron chi connectivity index (χ2n) is 12.2. The molecule has 0 saturated carbocycles. The number of fused-ring (bicyclic) bond motifs is 1. The Morgan fingerprint density at radius 1 is 0.875 bits per heavy atom. The zero-order valence-electron chi connectivity index (χ0n) is 27.7. The average Bonchev–Trinajstić information content (AvgIpc) is 3.45. The molecule has 0 aliphatic rings. The van der Waals surface area contributed by atoms with Gasteiger partial charge < -0.3 is 24.5 Å². The minimum Gasteiger partial charge on any atom is -0.382 e. The number of ether oxygens (including phenoxy) is 1. The van der Waals surface area contributed by atoms with E-state index in [1.54, 1.807) is 42.1 Å². The first-order valence-electron chi connectivity index (χ1n) is 16.0. The predicted molar refractivity (Wildman–Crippen MR) is 183 cm³/mol. The summed E-state index contributed by atoms with van der Waals surface area (Å²) in [6, 6.07) is 0. The second kappa shape index (κ2) is 19.4. The van der Waals surface area contributed by atoms with Gasteiger partial charge in [-0.25, -0.2) is 46.9 Å². The molecule has 0 fully saturated rings. The van der Waals surface area contributed by atoms with E-state index in [0.29, 0.717) is 36.3 Å². The topological polar surface area (TPSA) is 125 Å². The predicted octanol–water partition coefficient (Wildman–Crippen LogP) is 8.43. The molecule has 1 unspecified atom stereocenters. The van der Waals surface area contributed by atoms with Gasteiger partial charge in [0.2, 0.25) is 5.82 Å². The number of unbranched alkanes of at least 4 members (excludes halogenated alkanes) is 8.